The molecule has 0 atom stereocenters. The lowest BCUT2D eigenvalue weighted by Crippen LogP contribution is -2.15. The molecule has 2 aromatic heterocycles. The first-order valence-electron chi connectivity index (χ1n) is 7.82. The first-order valence-corrected chi connectivity index (χ1v) is 7.82. The zero-order valence-corrected chi connectivity index (χ0v) is 13.5. The Balaban J connectivity index is 1.70. The van der Waals surface area contributed by atoms with Crippen LogP contribution in [0.5, 0.6) is 0 Å². The number of para-hydroxylation sites is 1. The van der Waals surface area contributed by atoms with Gasteiger partial charge in [0.15, 0.2) is 0 Å². The molecular weight excluding hydrogens is 361 g/mol. The molecule has 0 aliphatic carbocycles. The molecule has 6 nitrogen and oxygen atoms in total. The Morgan fingerprint density at radius 2 is 1.78 bits per heavy atom. The Morgan fingerprint density at radius 3 is 2.48 bits per heavy atom. The van der Waals surface area contributed by atoms with Gasteiger partial charge in [0.25, 0.3) is 11.5 Å². The molecule has 2 heterocycles. The van der Waals surface area contributed by atoms with E-state index in [-0.39, 0.29) is 22.5 Å². The first-order chi connectivity index (χ1) is 12.8. The van der Waals surface area contributed by atoms with E-state index < -0.39 is 17.6 Å². The summed E-state index contributed by atoms with van der Waals surface area (Å²) in [6.45, 7) is 0. The number of aromatic amines is 1. The van der Waals surface area contributed by atoms with E-state index in [1.54, 1.807) is 24.3 Å². The number of fused-ring (bicyclic) bond motifs is 3. The van der Waals surface area contributed by atoms with E-state index >= 15 is 0 Å². The highest BCUT2D eigenvalue weighted by molar-refractivity contribution is 6.08. The number of carbonyl (C=O) groups is 1. The molecule has 0 saturated carbocycles. The van der Waals surface area contributed by atoms with E-state index in [2.05, 4.69) is 15.4 Å². The zero-order chi connectivity index (χ0) is 19.2. The highest BCUT2D eigenvalue weighted by atomic mass is 19.4. The van der Waals surface area contributed by atoms with Crippen LogP contribution in [0.3, 0.4) is 0 Å². The second-order valence-corrected chi connectivity index (χ2v) is 5.82. The Labute approximate surface area is 149 Å². The van der Waals surface area contributed by atoms with Gasteiger partial charge in [0, 0.05) is 5.69 Å². The average Bonchev–Trinajstić information content (AvgIpc) is 3.06. The SMILES string of the molecule is O=C(Nc1ccc(C(F)(F)F)cc1)c1cnn2c1[nH]c(=O)c1ccccc12. The van der Waals surface area contributed by atoms with Gasteiger partial charge in [0.05, 0.1) is 22.7 Å². The number of H-pyrrole nitrogens is 1. The van der Waals surface area contributed by atoms with Gasteiger partial charge < -0.3 is 10.3 Å². The van der Waals surface area contributed by atoms with Crippen molar-refractivity contribution in [1.29, 1.82) is 0 Å². The van der Waals surface area contributed by atoms with Crippen LogP contribution in [0.4, 0.5) is 18.9 Å². The van der Waals surface area contributed by atoms with Crippen LogP contribution in [-0.2, 0) is 6.18 Å². The van der Waals surface area contributed by atoms with Crippen LogP contribution in [-0.4, -0.2) is 20.5 Å². The van der Waals surface area contributed by atoms with E-state index in [4.69, 9.17) is 0 Å². The van der Waals surface area contributed by atoms with Crippen LogP contribution in [0, 0.1) is 0 Å². The van der Waals surface area contributed by atoms with Crippen molar-refractivity contribution in [1.82, 2.24) is 14.6 Å². The summed E-state index contributed by atoms with van der Waals surface area (Å²) in [6, 6.07) is 10.9. The van der Waals surface area contributed by atoms with Gasteiger partial charge in [-0.3, -0.25) is 9.59 Å². The first kappa shape index (κ1) is 16.8. The van der Waals surface area contributed by atoms with E-state index in [9.17, 15) is 22.8 Å². The molecule has 136 valence electrons. The van der Waals surface area contributed by atoms with Crippen molar-refractivity contribution in [3.8, 4) is 0 Å². The second kappa shape index (κ2) is 5.97. The van der Waals surface area contributed by atoms with Crippen molar-refractivity contribution < 1.29 is 18.0 Å². The molecule has 4 aromatic rings. The number of halogens is 3. The van der Waals surface area contributed by atoms with E-state index in [1.807, 2.05) is 0 Å². The maximum Gasteiger partial charge on any atom is 0.416 e. The average molecular weight is 372 g/mol. The van der Waals surface area contributed by atoms with Crippen LogP contribution in [0.25, 0.3) is 16.6 Å². The topological polar surface area (TPSA) is 79.3 Å². The number of alkyl halides is 3. The fraction of sp³-hybridized carbons (Fsp3) is 0.0556. The number of nitrogens with one attached hydrogen (secondary N) is 2. The monoisotopic (exact) mass is 372 g/mol. The smallest absolute Gasteiger partial charge is 0.322 e. The predicted molar refractivity (Wildman–Crippen MR) is 92.7 cm³/mol. The summed E-state index contributed by atoms with van der Waals surface area (Å²) in [5.74, 6) is -0.601. The molecule has 0 bridgehead atoms. The van der Waals surface area contributed by atoms with Crippen molar-refractivity contribution >= 4 is 28.1 Å². The molecule has 0 aliphatic heterocycles. The summed E-state index contributed by atoms with van der Waals surface area (Å²) in [6.07, 6.45) is -3.16. The number of amides is 1. The maximum absolute atomic E-state index is 12.6. The van der Waals surface area contributed by atoms with Crippen molar-refractivity contribution in [2.45, 2.75) is 6.18 Å². The Morgan fingerprint density at radius 1 is 1.07 bits per heavy atom. The molecule has 9 heteroatoms. The number of rotatable bonds is 2. The van der Waals surface area contributed by atoms with Gasteiger partial charge >= 0.3 is 6.18 Å². The third-order valence-corrected chi connectivity index (χ3v) is 4.09. The highest BCUT2D eigenvalue weighted by Crippen LogP contribution is 2.30. The van der Waals surface area contributed by atoms with Gasteiger partial charge in [-0.05, 0) is 36.4 Å². The molecule has 0 radical (unpaired) electrons. The quantitative estimate of drug-likeness (QED) is 0.566. The minimum Gasteiger partial charge on any atom is -0.322 e. The molecule has 0 spiro atoms. The number of aromatic nitrogens is 3. The summed E-state index contributed by atoms with van der Waals surface area (Å²) < 4.78 is 39.3. The molecule has 0 saturated heterocycles. The standard InChI is InChI=1S/C18H11F3N4O2/c19-18(20,21)10-5-7-11(8-6-10)23-17(27)13-9-22-25-14-4-2-1-3-12(14)16(26)24-15(13)25/h1-9H,(H,23,27)(H,24,26). The van der Waals surface area contributed by atoms with Gasteiger partial charge in [-0.1, -0.05) is 12.1 Å². The lowest BCUT2D eigenvalue weighted by molar-refractivity contribution is -0.137. The van der Waals surface area contributed by atoms with Crippen LogP contribution >= 0.6 is 0 Å². The Bertz CT molecular complexity index is 1220. The largest absolute Gasteiger partial charge is 0.416 e. The number of anilines is 1. The zero-order valence-electron chi connectivity index (χ0n) is 13.5. The number of hydrogen-bond donors (Lipinski definition) is 2. The maximum atomic E-state index is 12.6. The molecule has 2 aromatic carbocycles. The van der Waals surface area contributed by atoms with E-state index in [0.717, 1.165) is 24.3 Å². The Kier molecular flexibility index (Phi) is 3.72. The van der Waals surface area contributed by atoms with Crippen molar-refractivity contribution in [2.75, 3.05) is 5.32 Å². The minimum atomic E-state index is -4.45. The number of hydrogen-bond acceptors (Lipinski definition) is 3. The summed E-state index contributed by atoms with van der Waals surface area (Å²) in [7, 11) is 0. The van der Waals surface area contributed by atoms with Gasteiger partial charge in [-0.15, -0.1) is 0 Å². The fourth-order valence-corrected chi connectivity index (χ4v) is 2.78. The fourth-order valence-electron chi connectivity index (χ4n) is 2.78. The van der Waals surface area contributed by atoms with Crippen LogP contribution in [0.1, 0.15) is 15.9 Å². The molecule has 0 aliphatic rings. The molecular formula is C18H11F3N4O2. The van der Waals surface area contributed by atoms with Crippen molar-refractivity contribution in [3.05, 3.63) is 76.2 Å². The van der Waals surface area contributed by atoms with E-state index in [1.165, 1.54) is 10.7 Å². The van der Waals surface area contributed by atoms with Gasteiger partial charge in [-0.2, -0.15) is 18.3 Å². The molecule has 2 N–H and O–H groups in total. The van der Waals surface area contributed by atoms with Crippen molar-refractivity contribution in [2.24, 2.45) is 0 Å². The highest BCUT2D eigenvalue weighted by Gasteiger charge is 2.30. The van der Waals surface area contributed by atoms with Crippen LogP contribution in [0.15, 0.2) is 59.5 Å². The third-order valence-electron chi connectivity index (χ3n) is 4.09. The van der Waals surface area contributed by atoms with Gasteiger partial charge in [-0.25, -0.2) is 4.52 Å². The van der Waals surface area contributed by atoms with Crippen LogP contribution < -0.4 is 10.9 Å². The summed E-state index contributed by atoms with van der Waals surface area (Å²) >= 11 is 0. The lowest BCUT2D eigenvalue weighted by Gasteiger charge is -2.08. The third kappa shape index (κ3) is 2.92. The molecule has 4 rings (SSSR count). The lowest BCUT2D eigenvalue weighted by atomic mass is 10.2. The van der Waals surface area contributed by atoms with Crippen LogP contribution in [0.2, 0.25) is 0 Å². The number of nitrogens with zero attached hydrogens (tertiary/aromatic N) is 2. The Hall–Kier alpha value is -3.62. The second-order valence-electron chi connectivity index (χ2n) is 5.82. The molecule has 0 unspecified atom stereocenters. The van der Waals surface area contributed by atoms with Gasteiger partial charge in [0.2, 0.25) is 0 Å². The minimum absolute atomic E-state index is 0.0951. The summed E-state index contributed by atoms with van der Waals surface area (Å²) in [5.41, 5.74) is -0.171. The summed E-state index contributed by atoms with van der Waals surface area (Å²) in [5, 5.41) is 7.05. The predicted octanol–water partition coefficient (Wildman–Crippen LogP) is 3.45. The normalized spacial score (nSPS) is 11.8. The number of benzene rings is 2. The molecule has 27 heavy (non-hydrogen) atoms. The molecule has 1 amide bonds. The molecule has 0 fully saturated rings. The van der Waals surface area contributed by atoms with Gasteiger partial charge in [0.1, 0.15) is 11.2 Å². The summed E-state index contributed by atoms with van der Waals surface area (Å²) in [4.78, 5) is 27.3. The number of carbonyl (C=O) groups excluding carboxylic acids is 1. The van der Waals surface area contributed by atoms with E-state index in [0.29, 0.717) is 10.9 Å². The van der Waals surface area contributed by atoms with Crippen molar-refractivity contribution in [3.63, 3.8) is 0 Å².